The van der Waals surface area contributed by atoms with Crippen LogP contribution in [-0.4, -0.2) is 58.4 Å². The van der Waals surface area contributed by atoms with Gasteiger partial charge in [0, 0.05) is 32.2 Å². The van der Waals surface area contributed by atoms with Crippen LogP contribution in [-0.2, 0) is 22.5 Å². The topological polar surface area (TPSA) is 95.6 Å². The predicted octanol–water partition coefficient (Wildman–Crippen LogP) is 1.98. The summed E-state index contributed by atoms with van der Waals surface area (Å²) >= 11 is 0. The van der Waals surface area contributed by atoms with Gasteiger partial charge in [-0.3, -0.25) is 14.4 Å². The van der Waals surface area contributed by atoms with Gasteiger partial charge in [0.25, 0.3) is 11.5 Å². The van der Waals surface area contributed by atoms with Crippen molar-refractivity contribution < 1.29 is 14.3 Å². The number of H-pyrrole nitrogens is 1. The minimum atomic E-state index is -0.256. The molecule has 4 rings (SSSR count). The molecule has 1 aromatic carbocycles. The number of aromatic amines is 1. The molecule has 0 bridgehead atoms. The van der Waals surface area contributed by atoms with Gasteiger partial charge in [-0.2, -0.15) is 0 Å². The highest BCUT2D eigenvalue weighted by atomic mass is 16.5. The van der Waals surface area contributed by atoms with Crippen molar-refractivity contribution in [1.29, 1.82) is 0 Å². The molecular weight excluding hydrogens is 396 g/mol. The molecular formula is C23H28N4O4. The lowest BCUT2D eigenvalue weighted by molar-refractivity contribution is -0.136. The van der Waals surface area contributed by atoms with Crippen LogP contribution in [0.3, 0.4) is 0 Å². The highest BCUT2D eigenvalue weighted by molar-refractivity contribution is 5.94. The Balaban J connectivity index is 1.60. The molecule has 1 aromatic heterocycles. The molecule has 8 heteroatoms. The zero-order chi connectivity index (χ0) is 22.0. The van der Waals surface area contributed by atoms with Crippen molar-refractivity contribution in [3.05, 3.63) is 62.8 Å². The Morgan fingerprint density at radius 3 is 2.71 bits per heavy atom. The largest absolute Gasteiger partial charge is 0.375 e. The van der Waals surface area contributed by atoms with E-state index in [4.69, 9.17) is 9.72 Å². The van der Waals surface area contributed by atoms with Gasteiger partial charge < -0.3 is 19.5 Å². The van der Waals surface area contributed by atoms with Gasteiger partial charge in [0.2, 0.25) is 5.91 Å². The van der Waals surface area contributed by atoms with E-state index in [0.717, 1.165) is 24.8 Å². The maximum Gasteiger partial charge on any atom is 0.256 e. The summed E-state index contributed by atoms with van der Waals surface area (Å²) in [7, 11) is 1.48. The Bertz CT molecular complexity index is 1030. The van der Waals surface area contributed by atoms with E-state index in [1.807, 2.05) is 36.1 Å². The number of carbonyl (C=O) groups excluding carboxylic acids is 2. The summed E-state index contributed by atoms with van der Waals surface area (Å²) in [5.41, 5.74) is 2.75. The number of aromatic nitrogens is 2. The number of benzene rings is 1. The summed E-state index contributed by atoms with van der Waals surface area (Å²) < 4.78 is 4.92. The molecule has 2 aliphatic heterocycles. The first kappa shape index (κ1) is 21.2. The van der Waals surface area contributed by atoms with Gasteiger partial charge in [0.05, 0.1) is 23.8 Å². The third-order valence-corrected chi connectivity index (χ3v) is 6.09. The zero-order valence-electron chi connectivity index (χ0n) is 18.0. The third kappa shape index (κ3) is 4.39. The van der Waals surface area contributed by atoms with Crippen LogP contribution in [0.2, 0.25) is 0 Å². The zero-order valence-corrected chi connectivity index (χ0v) is 18.0. The van der Waals surface area contributed by atoms with E-state index < -0.39 is 0 Å². The van der Waals surface area contributed by atoms with Gasteiger partial charge in [-0.15, -0.1) is 0 Å². The maximum atomic E-state index is 13.2. The van der Waals surface area contributed by atoms with Crippen LogP contribution in [0.15, 0.2) is 29.1 Å². The van der Waals surface area contributed by atoms with Crippen LogP contribution in [0.25, 0.3) is 0 Å². The SMILES string of the molecule is COCC(=O)N1CCc2nc([C@H]3CCCCN3C(=O)c3ccc(C)cc3)[nH]c(=O)c2C1. The molecule has 2 aliphatic rings. The van der Waals surface area contributed by atoms with Gasteiger partial charge >= 0.3 is 0 Å². The second-order valence-corrected chi connectivity index (χ2v) is 8.25. The number of methoxy groups -OCH3 is 1. The number of amides is 2. The van der Waals surface area contributed by atoms with Crippen LogP contribution in [0.1, 0.15) is 58.3 Å². The molecule has 0 unspecified atom stereocenters. The number of hydrogen-bond acceptors (Lipinski definition) is 5. The van der Waals surface area contributed by atoms with E-state index in [1.165, 1.54) is 7.11 Å². The summed E-state index contributed by atoms with van der Waals surface area (Å²) in [4.78, 5) is 49.3. The molecule has 3 heterocycles. The van der Waals surface area contributed by atoms with Crippen LogP contribution in [0.4, 0.5) is 0 Å². The molecule has 0 saturated carbocycles. The summed E-state index contributed by atoms with van der Waals surface area (Å²) in [6, 6.07) is 7.30. The highest BCUT2D eigenvalue weighted by Gasteiger charge is 2.32. The summed E-state index contributed by atoms with van der Waals surface area (Å²) in [6.07, 6.45) is 3.18. The monoisotopic (exact) mass is 424 g/mol. The van der Waals surface area contributed by atoms with E-state index >= 15 is 0 Å². The molecule has 31 heavy (non-hydrogen) atoms. The molecule has 164 valence electrons. The minimum absolute atomic E-state index is 0.00307. The molecule has 0 spiro atoms. The van der Waals surface area contributed by atoms with Crippen LogP contribution < -0.4 is 5.56 Å². The first-order valence-electron chi connectivity index (χ1n) is 10.7. The quantitative estimate of drug-likeness (QED) is 0.810. The van der Waals surface area contributed by atoms with Crippen molar-refractivity contribution in [2.24, 2.45) is 0 Å². The van der Waals surface area contributed by atoms with Crippen molar-refractivity contribution >= 4 is 11.8 Å². The second kappa shape index (κ2) is 9.01. The average molecular weight is 425 g/mol. The molecule has 1 saturated heterocycles. The maximum absolute atomic E-state index is 13.2. The number of hydrogen-bond donors (Lipinski definition) is 1. The van der Waals surface area contributed by atoms with Gasteiger partial charge in [0.1, 0.15) is 12.4 Å². The number of nitrogens with zero attached hydrogens (tertiary/aromatic N) is 3. The Morgan fingerprint density at radius 1 is 1.19 bits per heavy atom. The first-order valence-corrected chi connectivity index (χ1v) is 10.7. The average Bonchev–Trinajstić information content (AvgIpc) is 2.79. The lowest BCUT2D eigenvalue weighted by Gasteiger charge is -2.36. The number of nitrogens with one attached hydrogen (secondary N) is 1. The van der Waals surface area contributed by atoms with Gasteiger partial charge in [0.15, 0.2) is 0 Å². The number of fused-ring (bicyclic) bond motifs is 1. The van der Waals surface area contributed by atoms with E-state index in [0.29, 0.717) is 42.2 Å². The lowest BCUT2D eigenvalue weighted by atomic mass is 9.99. The Labute approximate surface area is 181 Å². The highest BCUT2D eigenvalue weighted by Crippen LogP contribution is 2.30. The molecule has 0 aliphatic carbocycles. The van der Waals surface area contributed by atoms with E-state index in [9.17, 15) is 14.4 Å². The standard InChI is InChI=1S/C23H28N4O4/c1-15-6-8-16(9-7-15)23(30)27-11-4-3-5-19(27)21-24-18-10-12-26(20(28)14-31-2)13-17(18)22(29)25-21/h6-9,19H,3-5,10-14H2,1-2H3,(H,24,25,29)/t19-/m1/s1. The van der Waals surface area contributed by atoms with Crippen LogP contribution >= 0.6 is 0 Å². The second-order valence-electron chi connectivity index (χ2n) is 8.25. The van der Waals surface area contributed by atoms with E-state index in [-0.39, 0.29) is 36.6 Å². The number of aryl methyl sites for hydroxylation is 1. The first-order chi connectivity index (χ1) is 15.0. The number of likely N-dealkylation sites (tertiary alicyclic amines) is 1. The van der Waals surface area contributed by atoms with Gasteiger partial charge in [-0.1, -0.05) is 17.7 Å². The minimum Gasteiger partial charge on any atom is -0.375 e. The number of rotatable bonds is 4. The summed E-state index contributed by atoms with van der Waals surface area (Å²) in [5.74, 6) is 0.362. The number of ether oxygens (including phenoxy) is 1. The third-order valence-electron chi connectivity index (χ3n) is 6.09. The van der Waals surface area contributed by atoms with Crippen molar-refractivity contribution in [2.75, 3.05) is 26.8 Å². The molecule has 1 atom stereocenters. The molecule has 2 amide bonds. The fourth-order valence-corrected chi connectivity index (χ4v) is 4.35. The van der Waals surface area contributed by atoms with Crippen molar-refractivity contribution in [1.82, 2.24) is 19.8 Å². The lowest BCUT2D eigenvalue weighted by Crippen LogP contribution is -2.43. The van der Waals surface area contributed by atoms with Gasteiger partial charge in [-0.05, 0) is 38.3 Å². The summed E-state index contributed by atoms with van der Waals surface area (Å²) in [6.45, 7) is 3.36. The van der Waals surface area contributed by atoms with E-state index in [2.05, 4.69) is 4.98 Å². The van der Waals surface area contributed by atoms with Crippen LogP contribution in [0.5, 0.6) is 0 Å². The summed E-state index contributed by atoms with van der Waals surface area (Å²) in [5, 5.41) is 0. The smallest absolute Gasteiger partial charge is 0.256 e. The number of piperidine rings is 1. The normalized spacial score (nSPS) is 18.6. The van der Waals surface area contributed by atoms with Crippen LogP contribution in [0, 0.1) is 6.92 Å². The number of carbonyl (C=O) groups is 2. The molecule has 1 N–H and O–H groups in total. The van der Waals surface area contributed by atoms with Crippen molar-refractivity contribution in [3.63, 3.8) is 0 Å². The molecule has 1 fully saturated rings. The fourth-order valence-electron chi connectivity index (χ4n) is 4.35. The Morgan fingerprint density at radius 2 is 1.97 bits per heavy atom. The molecule has 8 nitrogen and oxygen atoms in total. The predicted molar refractivity (Wildman–Crippen MR) is 115 cm³/mol. The molecule has 2 aromatic rings. The van der Waals surface area contributed by atoms with E-state index in [1.54, 1.807) is 4.90 Å². The van der Waals surface area contributed by atoms with Crippen molar-refractivity contribution in [3.8, 4) is 0 Å². The Hall–Kier alpha value is -3.00. The van der Waals surface area contributed by atoms with Crippen molar-refractivity contribution in [2.45, 2.75) is 45.2 Å². The van der Waals surface area contributed by atoms with Gasteiger partial charge in [-0.25, -0.2) is 4.98 Å². The Kier molecular flexibility index (Phi) is 6.18. The fraction of sp³-hybridized carbons (Fsp3) is 0.478. The molecule has 0 radical (unpaired) electrons.